The fraction of sp³-hybridized carbons (Fsp3) is 0.556. The predicted octanol–water partition coefficient (Wildman–Crippen LogP) is 3.50. The van der Waals surface area contributed by atoms with Crippen LogP contribution in [0.5, 0.6) is 0 Å². The molecule has 5 heteroatoms. The van der Waals surface area contributed by atoms with Gasteiger partial charge in [-0.25, -0.2) is 9.59 Å². The molecule has 1 fully saturated rings. The molecule has 2 rings (SSSR count). The van der Waals surface area contributed by atoms with E-state index >= 15 is 0 Å². The van der Waals surface area contributed by atoms with Gasteiger partial charge in [0, 0.05) is 19.6 Å². The highest BCUT2D eigenvalue weighted by molar-refractivity contribution is 5.87. The Morgan fingerprint density at radius 2 is 1.83 bits per heavy atom. The van der Waals surface area contributed by atoms with Gasteiger partial charge in [-0.3, -0.25) is 0 Å². The first-order valence-electron chi connectivity index (χ1n) is 8.32. The predicted molar refractivity (Wildman–Crippen MR) is 89.4 cm³/mol. The lowest BCUT2D eigenvalue weighted by atomic mass is 9.84. The van der Waals surface area contributed by atoms with E-state index in [0.29, 0.717) is 12.5 Å². The normalized spacial score (nSPS) is 16.6. The van der Waals surface area contributed by atoms with E-state index in [4.69, 9.17) is 5.11 Å². The molecule has 0 radical (unpaired) electrons. The molecular formula is C18H26N2O3. The minimum absolute atomic E-state index is 0.0783. The molecule has 5 nitrogen and oxygen atoms in total. The van der Waals surface area contributed by atoms with E-state index in [9.17, 15) is 9.59 Å². The molecule has 2 N–H and O–H groups in total. The molecule has 0 aromatic heterocycles. The maximum absolute atomic E-state index is 12.3. The zero-order chi connectivity index (χ0) is 16.8. The smallest absolute Gasteiger partial charge is 0.335 e. The van der Waals surface area contributed by atoms with Crippen LogP contribution in [-0.4, -0.2) is 35.1 Å². The van der Waals surface area contributed by atoms with Crippen molar-refractivity contribution in [2.45, 2.75) is 51.6 Å². The third-order valence-electron chi connectivity index (χ3n) is 4.91. The summed E-state index contributed by atoms with van der Waals surface area (Å²) >= 11 is 0. The summed E-state index contributed by atoms with van der Waals surface area (Å²) in [5.74, 6) is -0.351. The van der Waals surface area contributed by atoms with Crippen molar-refractivity contribution >= 4 is 12.0 Å². The minimum Gasteiger partial charge on any atom is -0.478 e. The molecule has 1 aliphatic carbocycles. The van der Waals surface area contributed by atoms with Gasteiger partial charge in [-0.15, -0.1) is 0 Å². The van der Waals surface area contributed by atoms with Gasteiger partial charge < -0.3 is 15.3 Å². The van der Waals surface area contributed by atoms with Crippen LogP contribution >= 0.6 is 0 Å². The molecule has 126 valence electrons. The van der Waals surface area contributed by atoms with E-state index in [1.807, 2.05) is 7.05 Å². The van der Waals surface area contributed by atoms with Crippen molar-refractivity contribution in [3.63, 3.8) is 0 Å². The summed E-state index contributed by atoms with van der Waals surface area (Å²) in [4.78, 5) is 24.9. The van der Waals surface area contributed by atoms with Gasteiger partial charge in [0.2, 0.25) is 0 Å². The van der Waals surface area contributed by atoms with Crippen molar-refractivity contribution in [1.29, 1.82) is 0 Å². The second-order valence-electron chi connectivity index (χ2n) is 6.41. The molecule has 1 saturated carbocycles. The number of urea groups is 1. The molecule has 0 spiro atoms. The molecule has 0 bridgehead atoms. The van der Waals surface area contributed by atoms with Gasteiger partial charge >= 0.3 is 12.0 Å². The third-order valence-corrected chi connectivity index (χ3v) is 4.91. The molecule has 1 atom stereocenters. The standard InChI is InChI=1S/C18H26N2O3/c1-13(15-6-4-3-5-7-15)20(2)18(23)19-12-14-8-10-16(11-9-14)17(21)22/h8-11,13,15H,3-7,12H2,1-2H3,(H,19,23)(H,21,22). The molecule has 1 aliphatic rings. The van der Waals surface area contributed by atoms with Crippen molar-refractivity contribution in [3.05, 3.63) is 35.4 Å². The quantitative estimate of drug-likeness (QED) is 0.873. The van der Waals surface area contributed by atoms with Gasteiger partial charge in [0.15, 0.2) is 0 Å². The Morgan fingerprint density at radius 3 is 2.39 bits per heavy atom. The number of amides is 2. The first-order chi connectivity index (χ1) is 11.0. The van der Waals surface area contributed by atoms with Crippen LogP contribution in [0.3, 0.4) is 0 Å². The second-order valence-corrected chi connectivity index (χ2v) is 6.41. The maximum atomic E-state index is 12.3. The van der Waals surface area contributed by atoms with E-state index in [1.54, 1.807) is 29.2 Å². The highest BCUT2D eigenvalue weighted by Gasteiger charge is 2.25. The molecule has 0 heterocycles. The number of nitrogens with zero attached hydrogens (tertiary/aromatic N) is 1. The van der Waals surface area contributed by atoms with Crippen LogP contribution in [0, 0.1) is 5.92 Å². The number of hydrogen-bond donors (Lipinski definition) is 2. The zero-order valence-electron chi connectivity index (χ0n) is 13.9. The van der Waals surface area contributed by atoms with E-state index in [1.165, 1.54) is 32.1 Å². The Bertz CT molecular complexity index is 536. The first kappa shape index (κ1) is 17.3. The lowest BCUT2D eigenvalue weighted by Gasteiger charge is -2.34. The van der Waals surface area contributed by atoms with Crippen LogP contribution < -0.4 is 5.32 Å². The monoisotopic (exact) mass is 318 g/mol. The number of nitrogens with one attached hydrogen (secondary N) is 1. The van der Waals surface area contributed by atoms with Crippen molar-refractivity contribution in [1.82, 2.24) is 10.2 Å². The number of carboxylic acid groups (broad SMARTS) is 1. The highest BCUT2D eigenvalue weighted by atomic mass is 16.4. The molecular weight excluding hydrogens is 292 g/mol. The molecule has 23 heavy (non-hydrogen) atoms. The average Bonchev–Trinajstić information content (AvgIpc) is 2.59. The van der Waals surface area contributed by atoms with Crippen molar-refractivity contribution < 1.29 is 14.7 Å². The van der Waals surface area contributed by atoms with Gasteiger partial charge in [-0.1, -0.05) is 31.4 Å². The summed E-state index contributed by atoms with van der Waals surface area (Å²) in [6, 6.07) is 6.73. The topological polar surface area (TPSA) is 69.6 Å². The molecule has 0 saturated heterocycles. The lowest BCUT2D eigenvalue weighted by molar-refractivity contribution is 0.0697. The van der Waals surface area contributed by atoms with Gasteiger partial charge in [0.1, 0.15) is 0 Å². The Hall–Kier alpha value is -2.04. The van der Waals surface area contributed by atoms with Gasteiger partial charge in [0.05, 0.1) is 5.56 Å². The lowest BCUT2D eigenvalue weighted by Crippen LogP contribution is -2.45. The van der Waals surface area contributed by atoms with Crippen LogP contribution in [0.1, 0.15) is 54.9 Å². The maximum Gasteiger partial charge on any atom is 0.335 e. The van der Waals surface area contributed by atoms with Gasteiger partial charge in [-0.05, 0) is 43.4 Å². The Balaban J connectivity index is 1.84. The summed E-state index contributed by atoms with van der Waals surface area (Å²) in [5, 5.41) is 11.8. The summed E-state index contributed by atoms with van der Waals surface area (Å²) in [6.07, 6.45) is 6.25. The number of carbonyl (C=O) groups excluding carboxylic acids is 1. The summed E-state index contributed by atoms with van der Waals surface area (Å²) in [6.45, 7) is 2.53. The second kappa shape index (κ2) is 7.99. The fourth-order valence-electron chi connectivity index (χ4n) is 3.19. The SMILES string of the molecule is CC(C1CCCCC1)N(C)C(=O)NCc1ccc(C(=O)O)cc1. The number of carboxylic acids is 1. The summed E-state index contributed by atoms with van der Waals surface area (Å²) in [7, 11) is 1.85. The Kier molecular flexibility index (Phi) is 6.02. The molecule has 1 aromatic carbocycles. The van der Waals surface area contributed by atoms with E-state index in [0.717, 1.165) is 5.56 Å². The number of aromatic carboxylic acids is 1. The Morgan fingerprint density at radius 1 is 1.22 bits per heavy atom. The van der Waals surface area contributed by atoms with Crippen LogP contribution in [-0.2, 0) is 6.54 Å². The van der Waals surface area contributed by atoms with Crippen LogP contribution in [0.2, 0.25) is 0 Å². The average molecular weight is 318 g/mol. The molecule has 0 aliphatic heterocycles. The number of carbonyl (C=O) groups is 2. The van der Waals surface area contributed by atoms with E-state index in [2.05, 4.69) is 12.2 Å². The highest BCUT2D eigenvalue weighted by Crippen LogP contribution is 2.28. The van der Waals surface area contributed by atoms with Gasteiger partial charge in [0.25, 0.3) is 0 Å². The summed E-state index contributed by atoms with van der Waals surface area (Å²) in [5.41, 5.74) is 1.14. The van der Waals surface area contributed by atoms with Crippen LogP contribution in [0.4, 0.5) is 4.79 Å². The van der Waals surface area contributed by atoms with E-state index < -0.39 is 5.97 Å². The van der Waals surface area contributed by atoms with Crippen molar-refractivity contribution in [2.24, 2.45) is 5.92 Å². The largest absolute Gasteiger partial charge is 0.478 e. The van der Waals surface area contributed by atoms with E-state index in [-0.39, 0.29) is 17.6 Å². The summed E-state index contributed by atoms with van der Waals surface area (Å²) < 4.78 is 0. The van der Waals surface area contributed by atoms with Gasteiger partial charge in [-0.2, -0.15) is 0 Å². The molecule has 1 unspecified atom stereocenters. The molecule has 2 amide bonds. The third kappa shape index (κ3) is 4.71. The van der Waals surface area contributed by atoms with Crippen LogP contribution in [0.15, 0.2) is 24.3 Å². The van der Waals surface area contributed by atoms with Crippen LogP contribution in [0.25, 0.3) is 0 Å². The minimum atomic E-state index is -0.943. The van der Waals surface area contributed by atoms with Crippen molar-refractivity contribution in [3.8, 4) is 0 Å². The number of hydrogen-bond acceptors (Lipinski definition) is 2. The number of benzene rings is 1. The molecule has 1 aromatic rings. The zero-order valence-corrected chi connectivity index (χ0v) is 13.9. The van der Waals surface area contributed by atoms with Crippen molar-refractivity contribution in [2.75, 3.05) is 7.05 Å². The first-order valence-corrected chi connectivity index (χ1v) is 8.32. The fourth-order valence-corrected chi connectivity index (χ4v) is 3.19. The Labute approximate surface area is 137 Å². The number of rotatable bonds is 5.